The van der Waals surface area contributed by atoms with Crippen LogP contribution in [0, 0.1) is 0 Å². The lowest BCUT2D eigenvalue weighted by atomic mass is 9.86. The molecule has 2 aromatic rings. The zero-order valence-corrected chi connectivity index (χ0v) is 12.6. The third-order valence-electron chi connectivity index (χ3n) is 3.37. The van der Waals surface area contributed by atoms with E-state index in [2.05, 4.69) is 20.8 Å². The average molecular weight is 280 g/mol. The van der Waals surface area contributed by atoms with Crippen LogP contribution < -0.4 is 0 Å². The molecule has 0 heterocycles. The first-order chi connectivity index (χ1) is 9.88. The van der Waals surface area contributed by atoms with Gasteiger partial charge in [0.15, 0.2) is 5.78 Å². The molecule has 0 atom stereocenters. The molecular formula is C19H20O2. The zero-order chi connectivity index (χ0) is 15.5. The van der Waals surface area contributed by atoms with Crippen molar-refractivity contribution >= 4 is 11.5 Å². The molecule has 0 fully saturated rings. The molecule has 0 amide bonds. The molecule has 0 saturated carbocycles. The number of rotatable bonds is 3. The van der Waals surface area contributed by atoms with Crippen molar-refractivity contribution < 1.29 is 9.90 Å². The second-order valence-corrected chi connectivity index (χ2v) is 6.09. The minimum absolute atomic E-state index is 0.0134. The van der Waals surface area contributed by atoms with Crippen molar-refractivity contribution in [2.24, 2.45) is 0 Å². The fraction of sp³-hybridized carbons (Fsp3) is 0.211. The van der Waals surface area contributed by atoms with Gasteiger partial charge in [-0.2, -0.15) is 0 Å². The maximum Gasteiger partial charge on any atom is 0.189 e. The fourth-order valence-electron chi connectivity index (χ4n) is 2.03. The van der Waals surface area contributed by atoms with Gasteiger partial charge in [-0.3, -0.25) is 4.79 Å². The number of carbonyl (C=O) groups is 1. The molecule has 1 N–H and O–H groups in total. The smallest absolute Gasteiger partial charge is 0.189 e. The van der Waals surface area contributed by atoms with Crippen molar-refractivity contribution in [3.63, 3.8) is 0 Å². The highest BCUT2D eigenvalue weighted by molar-refractivity contribution is 6.07. The number of hydrogen-bond acceptors (Lipinski definition) is 2. The van der Waals surface area contributed by atoms with Crippen LogP contribution in [0.2, 0.25) is 0 Å². The summed E-state index contributed by atoms with van der Waals surface area (Å²) in [6, 6.07) is 16.6. The van der Waals surface area contributed by atoms with Gasteiger partial charge in [0, 0.05) is 17.2 Å². The Balaban J connectivity index is 2.21. The fourth-order valence-corrected chi connectivity index (χ4v) is 2.03. The zero-order valence-electron chi connectivity index (χ0n) is 12.6. The van der Waals surface area contributed by atoms with Gasteiger partial charge in [0.1, 0.15) is 5.76 Å². The topological polar surface area (TPSA) is 37.3 Å². The molecule has 0 spiro atoms. The maximum atomic E-state index is 12.2. The van der Waals surface area contributed by atoms with Crippen LogP contribution in [0.25, 0.3) is 5.76 Å². The van der Waals surface area contributed by atoms with Crippen LogP contribution in [0.4, 0.5) is 0 Å². The molecule has 0 saturated heterocycles. The van der Waals surface area contributed by atoms with E-state index in [1.807, 2.05) is 30.3 Å². The average Bonchev–Trinajstić information content (AvgIpc) is 2.47. The van der Waals surface area contributed by atoms with Crippen LogP contribution in [-0.2, 0) is 5.41 Å². The van der Waals surface area contributed by atoms with E-state index in [1.165, 1.54) is 11.6 Å². The Morgan fingerprint density at radius 2 is 1.48 bits per heavy atom. The molecule has 108 valence electrons. The molecule has 0 aliphatic heterocycles. The quantitative estimate of drug-likeness (QED) is 0.499. The predicted molar refractivity (Wildman–Crippen MR) is 86.5 cm³/mol. The van der Waals surface area contributed by atoms with E-state index >= 15 is 0 Å². The van der Waals surface area contributed by atoms with Crippen LogP contribution >= 0.6 is 0 Å². The van der Waals surface area contributed by atoms with Gasteiger partial charge in [-0.15, -0.1) is 0 Å². The van der Waals surface area contributed by atoms with Crippen LogP contribution in [0.5, 0.6) is 0 Å². The molecular weight excluding hydrogens is 260 g/mol. The summed E-state index contributed by atoms with van der Waals surface area (Å²) in [4.78, 5) is 12.2. The lowest BCUT2D eigenvalue weighted by molar-refractivity contribution is 0.104. The summed E-state index contributed by atoms with van der Waals surface area (Å²) in [6.07, 6.45) is 1.27. The normalized spacial score (nSPS) is 12.2. The number of allylic oxidation sites excluding steroid dienone is 1. The summed E-state index contributed by atoms with van der Waals surface area (Å²) in [5.41, 5.74) is 2.45. The van der Waals surface area contributed by atoms with Crippen LogP contribution in [0.15, 0.2) is 60.7 Å². The van der Waals surface area contributed by atoms with E-state index in [-0.39, 0.29) is 17.0 Å². The Morgan fingerprint density at radius 3 is 2.00 bits per heavy atom. The van der Waals surface area contributed by atoms with Crippen molar-refractivity contribution in [3.8, 4) is 0 Å². The number of aliphatic hydroxyl groups is 1. The van der Waals surface area contributed by atoms with Crippen LogP contribution in [0.1, 0.15) is 42.3 Å². The second-order valence-electron chi connectivity index (χ2n) is 6.09. The summed E-state index contributed by atoms with van der Waals surface area (Å²) in [5, 5.41) is 9.98. The molecule has 2 heteroatoms. The Kier molecular flexibility index (Phi) is 4.27. The first-order valence-electron chi connectivity index (χ1n) is 6.99. The molecule has 0 aliphatic rings. The minimum atomic E-state index is -0.197. The summed E-state index contributed by atoms with van der Waals surface area (Å²) in [7, 11) is 0. The molecule has 2 aromatic carbocycles. The molecule has 21 heavy (non-hydrogen) atoms. The number of carbonyl (C=O) groups excluding carboxylic acids is 1. The van der Waals surface area contributed by atoms with Gasteiger partial charge in [-0.25, -0.2) is 0 Å². The molecule has 2 rings (SSSR count). The van der Waals surface area contributed by atoms with Crippen molar-refractivity contribution in [2.75, 3.05) is 0 Å². The van der Waals surface area contributed by atoms with Crippen molar-refractivity contribution in [2.45, 2.75) is 26.2 Å². The summed E-state index contributed by atoms with van der Waals surface area (Å²) in [5.74, 6) is -0.211. The number of benzene rings is 2. The highest BCUT2D eigenvalue weighted by atomic mass is 16.3. The van der Waals surface area contributed by atoms with Gasteiger partial charge in [-0.1, -0.05) is 75.4 Å². The Bertz CT molecular complexity index is 644. The van der Waals surface area contributed by atoms with Gasteiger partial charge < -0.3 is 5.11 Å². The van der Waals surface area contributed by atoms with Gasteiger partial charge in [0.2, 0.25) is 0 Å². The van der Waals surface area contributed by atoms with E-state index in [0.717, 1.165) is 0 Å². The first-order valence-corrected chi connectivity index (χ1v) is 6.99. The van der Waals surface area contributed by atoms with Crippen molar-refractivity contribution in [1.82, 2.24) is 0 Å². The third-order valence-corrected chi connectivity index (χ3v) is 3.37. The van der Waals surface area contributed by atoms with E-state index < -0.39 is 0 Å². The van der Waals surface area contributed by atoms with E-state index in [9.17, 15) is 9.90 Å². The SMILES string of the molecule is CC(C)(C)c1ccc(C(=O)/C=C(\O)c2ccccc2)cc1. The molecule has 0 aliphatic carbocycles. The highest BCUT2D eigenvalue weighted by Crippen LogP contribution is 2.22. The lowest BCUT2D eigenvalue weighted by Gasteiger charge is -2.18. The number of ketones is 1. The molecule has 0 aromatic heterocycles. The standard InChI is InChI=1S/C19H20O2/c1-19(2,3)16-11-9-15(10-12-16)18(21)13-17(20)14-7-5-4-6-8-14/h4-13,20H,1-3H3/b17-13-. The monoisotopic (exact) mass is 280 g/mol. The van der Waals surface area contributed by atoms with Crippen LogP contribution in [0.3, 0.4) is 0 Å². The van der Waals surface area contributed by atoms with Gasteiger partial charge >= 0.3 is 0 Å². The molecule has 0 unspecified atom stereocenters. The second kappa shape index (κ2) is 5.96. The maximum absolute atomic E-state index is 12.2. The molecule has 2 nitrogen and oxygen atoms in total. The third kappa shape index (κ3) is 3.82. The first kappa shape index (κ1) is 15.0. The lowest BCUT2D eigenvalue weighted by Crippen LogP contribution is -2.11. The Labute approximate surface area is 125 Å². The van der Waals surface area contributed by atoms with Crippen LogP contribution in [-0.4, -0.2) is 10.9 Å². The van der Waals surface area contributed by atoms with E-state index in [0.29, 0.717) is 11.1 Å². The Morgan fingerprint density at radius 1 is 0.905 bits per heavy atom. The minimum Gasteiger partial charge on any atom is -0.507 e. The van der Waals surface area contributed by atoms with E-state index in [4.69, 9.17) is 0 Å². The highest BCUT2D eigenvalue weighted by Gasteiger charge is 2.14. The summed E-state index contributed by atoms with van der Waals surface area (Å²) < 4.78 is 0. The predicted octanol–water partition coefficient (Wildman–Crippen LogP) is 4.77. The van der Waals surface area contributed by atoms with Crippen molar-refractivity contribution in [3.05, 3.63) is 77.4 Å². The number of hydrogen-bond donors (Lipinski definition) is 1. The molecule has 0 bridgehead atoms. The Hall–Kier alpha value is -2.35. The van der Waals surface area contributed by atoms with Gasteiger partial charge in [-0.05, 0) is 11.0 Å². The van der Waals surface area contributed by atoms with Gasteiger partial charge in [0.05, 0.1) is 0 Å². The van der Waals surface area contributed by atoms with Crippen molar-refractivity contribution in [1.29, 1.82) is 0 Å². The van der Waals surface area contributed by atoms with E-state index in [1.54, 1.807) is 24.3 Å². The molecule has 0 radical (unpaired) electrons. The summed E-state index contributed by atoms with van der Waals surface area (Å²) in [6.45, 7) is 6.39. The van der Waals surface area contributed by atoms with Gasteiger partial charge in [0.25, 0.3) is 0 Å². The number of aliphatic hydroxyl groups excluding tert-OH is 1. The largest absolute Gasteiger partial charge is 0.507 e. The summed E-state index contributed by atoms with van der Waals surface area (Å²) >= 11 is 0.